The van der Waals surface area contributed by atoms with Crippen molar-refractivity contribution >= 4 is 23.2 Å². The lowest BCUT2D eigenvalue weighted by Crippen LogP contribution is -2.19. The van der Waals surface area contributed by atoms with E-state index in [-0.39, 0.29) is 10.0 Å². The Morgan fingerprint density at radius 2 is 2.27 bits per heavy atom. The van der Waals surface area contributed by atoms with E-state index in [0.29, 0.717) is 4.68 Å². The molecule has 1 rings (SSSR count). The van der Waals surface area contributed by atoms with E-state index in [1.54, 1.807) is 0 Å². The molecule has 1 aromatic heterocycles. The van der Waals surface area contributed by atoms with Crippen molar-refractivity contribution in [3.8, 4) is 6.19 Å². The van der Waals surface area contributed by atoms with Gasteiger partial charge in [0.2, 0.25) is 6.19 Å². The summed E-state index contributed by atoms with van der Waals surface area (Å²) in [5.74, 6) is 0. The lowest BCUT2D eigenvalue weighted by molar-refractivity contribution is 0.822. The van der Waals surface area contributed by atoms with Crippen LogP contribution < -0.4 is 5.56 Å². The molecular formula is C5HCl2N3O. The summed E-state index contributed by atoms with van der Waals surface area (Å²) in [6.45, 7) is 0. The first-order valence-corrected chi connectivity index (χ1v) is 3.26. The number of nitriles is 1. The highest BCUT2D eigenvalue weighted by Gasteiger charge is 2.05. The van der Waals surface area contributed by atoms with Gasteiger partial charge in [-0.1, -0.05) is 23.2 Å². The molecule has 0 radical (unpaired) electrons. The van der Waals surface area contributed by atoms with Crippen LogP contribution in [0.15, 0.2) is 11.0 Å². The highest BCUT2D eigenvalue weighted by molar-refractivity contribution is 6.41. The quantitative estimate of drug-likeness (QED) is 0.609. The Morgan fingerprint density at radius 3 is 2.82 bits per heavy atom. The maximum atomic E-state index is 10.9. The van der Waals surface area contributed by atoms with Crippen molar-refractivity contribution in [3.05, 3.63) is 26.6 Å². The molecule has 0 saturated heterocycles. The molecule has 0 aromatic carbocycles. The van der Waals surface area contributed by atoms with Crippen LogP contribution in [-0.2, 0) is 0 Å². The third kappa shape index (κ3) is 1.34. The zero-order chi connectivity index (χ0) is 8.43. The Kier molecular flexibility index (Phi) is 2.13. The van der Waals surface area contributed by atoms with Gasteiger partial charge in [0.1, 0.15) is 5.02 Å². The molecule has 0 spiro atoms. The number of aromatic nitrogens is 2. The van der Waals surface area contributed by atoms with Crippen molar-refractivity contribution in [1.29, 1.82) is 5.26 Å². The fourth-order valence-corrected chi connectivity index (χ4v) is 0.737. The van der Waals surface area contributed by atoms with Gasteiger partial charge < -0.3 is 0 Å². The first-order chi connectivity index (χ1) is 5.16. The van der Waals surface area contributed by atoms with Crippen molar-refractivity contribution in [1.82, 2.24) is 9.78 Å². The Morgan fingerprint density at radius 1 is 1.64 bits per heavy atom. The maximum Gasteiger partial charge on any atom is 0.300 e. The van der Waals surface area contributed by atoms with Gasteiger partial charge in [0, 0.05) is 0 Å². The van der Waals surface area contributed by atoms with Crippen molar-refractivity contribution in [2.45, 2.75) is 0 Å². The summed E-state index contributed by atoms with van der Waals surface area (Å²) in [7, 11) is 0. The fraction of sp³-hybridized carbons (Fsp3) is 0. The minimum atomic E-state index is -0.707. The van der Waals surface area contributed by atoms with Crippen LogP contribution in [0.2, 0.25) is 10.0 Å². The Balaban J connectivity index is 3.53. The minimum Gasteiger partial charge on any atom is -0.265 e. The van der Waals surface area contributed by atoms with Crippen molar-refractivity contribution in [2.24, 2.45) is 0 Å². The van der Waals surface area contributed by atoms with E-state index in [4.69, 9.17) is 28.5 Å². The van der Waals surface area contributed by atoms with Gasteiger partial charge in [-0.3, -0.25) is 4.79 Å². The normalized spacial score (nSPS) is 9.18. The molecule has 0 bridgehead atoms. The summed E-state index contributed by atoms with van der Waals surface area (Å²) in [6.07, 6.45) is 2.65. The molecule has 0 fully saturated rings. The second-order valence-electron chi connectivity index (χ2n) is 1.62. The smallest absolute Gasteiger partial charge is 0.265 e. The van der Waals surface area contributed by atoms with Crippen LogP contribution in [0.1, 0.15) is 0 Å². The summed E-state index contributed by atoms with van der Waals surface area (Å²) in [6, 6.07) is 0. The summed E-state index contributed by atoms with van der Waals surface area (Å²) in [4.78, 5) is 10.9. The number of hydrogen-bond acceptors (Lipinski definition) is 3. The Labute approximate surface area is 71.6 Å². The van der Waals surface area contributed by atoms with E-state index >= 15 is 0 Å². The molecule has 1 heterocycles. The van der Waals surface area contributed by atoms with E-state index in [9.17, 15) is 4.79 Å². The van der Waals surface area contributed by atoms with Gasteiger partial charge in [0.15, 0.2) is 0 Å². The third-order valence-electron chi connectivity index (χ3n) is 0.971. The van der Waals surface area contributed by atoms with Crippen LogP contribution in [0.3, 0.4) is 0 Å². The largest absolute Gasteiger partial charge is 0.300 e. The second kappa shape index (κ2) is 2.91. The second-order valence-corrected chi connectivity index (χ2v) is 2.41. The minimum absolute atomic E-state index is 0.0446. The topological polar surface area (TPSA) is 58.7 Å². The molecular weight excluding hydrogens is 189 g/mol. The SMILES string of the molecule is N#Cn1ncc(Cl)c(Cl)c1=O. The predicted molar refractivity (Wildman–Crippen MR) is 39.5 cm³/mol. The lowest BCUT2D eigenvalue weighted by Gasteiger charge is -1.93. The zero-order valence-corrected chi connectivity index (χ0v) is 6.60. The highest BCUT2D eigenvalue weighted by Crippen LogP contribution is 2.13. The monoisotopic (exact) mass is 189 g/mol. The van der Waals surface area contributed by atoms with Gasteiger partial charge in [-0.25, -0.2) is 0 Å². The van der Waals surface area contributed by atoms with E-state index in [1.165, 1.54) is 6.19 Å². The van der Waals surface area contributed by atoms with Crippen LogP contribution in [-0.4, -0.2) is 9.78 Å². The number of nitrogens with zero attached hydrogens (tertiary/aromatic N) is 3. The van der Waals surface area contributed by atoms with Crippen molar-refractivity contribution < 1.29 is 0 Å². The molecule has 0 amide bonds. The Hall–Kier alpha value is -1.05. The molecule has 4 nitrogen and oxygen atoms in total. The third-order valence-corrected chi connectivity index (χ3v) is 1.72. The van der Waals surface area contributed by atoms with Crippen LogP contribution in [0.25, 0.3) is 0 Å². The van der Waals surface area contributed by atoms with E-state index < -0.39 is 5.56 Å². The average molecular weight is 190 g/mol. The maximum absolute atomic E-state index is 10.9. The highest BCUT2D eigenvalue weighted by atomic mass is 35.5. The molecule has 0 atom stereocenters. The molecule has 0 N–H and O–H groups in total. The number of halogens is 2. The van der Waals surface area contributed by atoms with E-state index in [2.05, 4.69) is 5.10 Å². The molecule has 6 heteroatoms. The van der Waals surface area contributed by atoms with Gasteiger partial charge >= 0.3 is 5.56 Å². The number of hydrogen-bond donors (Lipinski definition) is 0. The molecule has 1 aromatic rings. The standard InChI is InChI=1S/C5HCl2N3O/c6-3-1-9-10(2-8)5(11)4(3)7/h1H. The van der Waals surface area contributed by atoms with Gasteiger partial charge in [-0.15, -0.1) is 4.68 Å². The average Bonchev–Trinajstić information content (AvgIpc) is 2.01. The van der Waals surface area contributed by atoms with Crippen LogP contribution in [0.4, 0.5) is 0 Å². The molecule has 0 unspecified atom stereocenters. The lowest BCUT2D eigenvalue weighted by atomic mass is 10.6. The van der Waals surface area contributed by atoms with Crippen molar-refractivity contribution in [2.75, 3.05) is 0 Å². The summed E-state index contributed by atoms with van der Waals surface area (Å²) < 4.78 is 0.550. The number of rotatable bonds is 0. The summed E-state index contributed by atoms with van der Waals surface area (Å²) >= 11 is 10.8. The molecule has 56 valence electrons. The Bertz CT molecular complexity index is 378. The van der Waals surface area contributed by atoms with Crippen LogP contribution in [0.5, 0.6) is 0 Å². The molecule has 0 aliphatic heterocycles. The predicted octanol–water partition coefficient (Wildman–Crippen LogP) is 0.879. The van der Waals surface area contributed by atoms with Gasteiger partial charge in [0.25, 0.3) is 0 Å². The van der Waals surface area contributed by atoms with E-state index in [0.717, 1.165) is 6.20 Å². The summed E-state index contributed by atoms with van der Waals surface area (Å²) in [5, 5.41) is 11.5. The van der Waals surface area contributed by atoms with Gasteiger partial charge in [-0.05, 0) is 0 Å². The fourth-order valence-electron chi connectivity index (χ4n) is 0.484. The van der Waals surface area contributed by atoms with Crippen LogP contribution >= 0.6 is 23.2 Å². The first kappa shape index (κ1) is 8.05. The first-order valence-electron chi connectivity index (χ1n) is 2.50. The van der Waals surface area contributed by atoms with E-state index in [1.807, 2.05) is 0 Å². The van der Waals surface area contributed by atoms with Gasteiger partial charge in [0.05, 0.1) is 11.2 Å². The molecule has 0 saturated carbocycles. The van der Waals surface area contributed by atoms with Crippen LogP contribution in [0, 0.1) is 11.5 Å². The van der Waals surface area contributed by atoms with Gasteiger partial charge in [-0.2, -0.15) is 10.4 Å². The van der Waals surface area contributed by atoms with Crippen molar-refractivity contribution in [3.63, 3.8) is 0 Å². The molecule has 11 heavy (non-hydrogen) atoms. The zero-order valence-electron chi connectivity index (χ0n) is 5.08. The molecule has 0 aliphatic rings. The summed E-state index contributed by atoms with van der Waals surface area (Å²) in [5.41, 5.74) is -0.707. The molecule has 0 aliphatic carbocycles.